The molecule has 0 aliphatic carbocycles. The fourth-order valence-electron chi connectivity index (χ4n) is 1.32. The molecule has 0 saturated heterocycles. The molecule has 0 amide bonds. The first-order valence-corrected chi connectivity index (χ1v) is 5.35. The van der Waals surface area contributed by atoms with Crippen LogP contribution in [0.15, 0.2) is 37.4 Å². The molecule has 1 rings (SSSR count). The van der Waals surface area contributed by atoms with E-state index < -0.39 is 0 Å². The quantitative estimate of drug-likeness (QED) is 0.560. The van der Waals surface area contributed by atoms with Gasteiger partial charge in [-0.2, -0.15) is 0 Å². The lowest BCUT2D eigenvalue weighted by Crippen LogP contribution is -2.00. The summed E-state index contributed by atoms with van der Waals surface area (Å²) in [6, 6.07) is 3.38. The molecule has 0 radical (unpaired) electrons. The van der Waals surface area contributed by atoms with E-state index in [0.717, 1.165) is 0 Å². The Kier molecular flexibility index (Phi) is 5.16. The van der Waals surface area contributed by atoms with E-state index in [1.54, 1.807) is 24.3 Å². The summed E-state index contributed by atoms with van der Waals surface area (Å²) >= 11 is 0. The predicted octanol–water partition coefficient (Wildman–Crippen LogP) is 2.78. The van der Waals surface area contributed by atoms with Crippen molar-refractivity contribution in [3.8, 4) is 36.2 Å². The van der Waals surface area contributed by atoms with Crippen LogP contribution < -0.4 is 9.47 Å². The molecule has 1 aromatic carbocycles. The number of terminal acetylenes is 2. The normalized spacial score (nSPS) is 8.78. The van der Waals surface area contributed by atoms with Crippen LogP contribution in [0.3, 0.4) is 0 Å². The van der Waals surface area contributed by atoms with Crippen molar-refractivity contribution >= 4 is 0 Å². The lowest BCUT2D eigenvalue weighted by atomic mass is 10.1. The molecule has 2 heteroatoms. The number of rotatable bonds is 6. The molecule has 0 fully saturated rings. The van der Waals surface area contributed by atoms with E-state index in [1.807, 2.05) is 0 Å². The first-order chi connectivity index (χ1) is 8.76. The van der Waals surface area contributed by atoms with Crippen molar-refractivity contribution < 1.29 is 9.47 Å². The third-order valence-electron chi connectivity index (χ3n) is 2.11. The van der Waals surface area contributed by atoms with Crippen LogP contribution in [-0.4, -0.2) is 13.2 Å². The summed E-state index contributed by atoms with van der Waals surface area (Å²) in [6.07, 6.45) is 14.1. The molecule has 0 aliphatic heterocycles. The molecule has 90 valence electrons. The predicted molar refractivity (Wildman–Crippen MR) is 73.7 cm³/mol. The van der Waals surface area contributed by atoms with Gasteiger partial charge in [-0.3, -0.25) is 0 Å². The van der Waals surface area contributed by atoms with Crippen molar-refractivity contribution in [1.82, 2.24) is 0 Å². The average molecular weight is 238 g/mol. The zero-order valence-electron chi connectivity index (χ0n) is 10.1. The molecule has 0 unspecified atom stereocenters. The van der Waals surface area contributed by atoms with Crippen molar-refractivity contribution in [2.45, 2.75) is 0 Å². The van der Waals surface area contributed by atoms with Gasteiger partial charge in [-0.25, -0.2) is 0 Å². The Morgan fingerprint density at radius 2 is 1.39 bits per heavy atom. The second kappa shape index (κ2) is 6.89. The van der Waals surface area contributed by atoms with Crippen LogP contribution in [0.2, 0.25) is 0 Å². The number of hydrogen-bond acceptors (Lipinski definition) is 2. The summed E-state index contributed by atoms with van der Waals surface area (Å²) in [5, 5.41) is 0. The van der Waals surface area contributed by atoms with Gasteiger partial charge in [0.15, 0.2) is 0 Å². The molecule has 18 heavy (non-hydrogen) atoms. The molecule has 0 atom stereocenters. The topological polar surface area (TPSA) is 18.5 Å². The molecular weight excluding hydrogens is 224 g/mol. The zero-order valence-corrected chi connectivity index (χ0v) is 10.1. The van der Waals surface area contributed by atoms with Gasteiger partial charge in [0.25, 0.3) is 0 Å². The molecule has 0 aromatic heterocycles. The summed E-state index contributed by atoms with van der Waals surface area (Å²) in [7, 11) is 0. The smallest absolute Gasteiger partial charge is 0.139 e. The van der Waals surface area contributed by atoms with Gasteiger partial charge < -0.3 is 9.47 Å². The van der Waals surface area contributed by atoms with Gasteiger partial charge in [-0.1, -0.05) is 37.2 Å². The Labute approximate surface area is 108 Å². The maximum Gasteiger partial charge on any atom is 0.139 e. The highest BCUT2D eigenvalue weighted by molar-refractivity contribution is 5.57. The Hall–Kier alpha value is -2.58. The van der Waals surface area contributed by atoms with E-state index in [0.29, 0.717) is 35.8 Å². The van der Waals surface area contributed by atoms with E-state index in [4.69, 9.17) is 22.3 Å². The van der Waals surface area contributed by atoms with E-state index in [-0.39, 0.29) is 0 Å². The van der Waals surface area contributed by atoms with Crippen LogP contribution in [0.5, 0.6) is 11.5 Å². The van der Waals surface area contributed by atoms with Crippen LogP contribution in [0, 0.1) is 24.7 Å². The van der Waals surface area contributed by atoms with Gasteiger partial charge in [0.05, 0.1) is 11.1 Å². The highest BCUT2D eigenvalue weighted by atomic mass is 16.5. The monoisotopic (exact) mass is 238 g/mol. The third-order valence-corrected chi connectivity index (χ3v) is 2.11. The van der Waals surface area contributed by atoms with E-state index in [1.165, 1.54) is 0 Å². The average Bonchev–Trinajstić information content (AvgIpc) is 2.42. The maximum atomic E-state index is 5.46. The number of hydrogen-bond donors (Lipinski definition) is 0. The van der Waals surface area contributed by atoms with Crippen LogP contribution in [0.25, 0.3) is 0 Å². The fourth-order valence-corrected chi connectivity index (χ4v) is 1.32. The first kappa shape index (κ1) is 13.5. The van der Waals surface area contributed by atoms with Gasteiger partial charge in [0, 0.05) is 6.07 Å². The molecule has 1 aromatic rings. The third kappa shape index (κ3) is 3.20. The first-order valence-electron chi connectivity index (χ1n) is 5.35. The fraction of sp³-hybridized carbons (Fsp3) is 0.125. The van der Waals surface area contributed by atoms with Gasteiger partial charge in [-0.05, 0) is 6.07 Å². The SMILES string of the molecule is C#Cc1cc(C#C)c(OCC=C)cc1OCC=C. The highest BCUT2D eigenvalue weighted by Gasteiger charge is 2.09. The summed E-state index contributed by atoms with van der Waals surface area (Å²) in [5.41, 5.74) is 1.19. The molecule has 0 aliphatic rings. The lowest BCUT2D eigenvalue weighted by molar-refractivity contribution is 0.344. The Bertz CT molecular complexity index is 482. The summed E-state index contributed by atoms with van der Waals surface area (Å²) in [6.45, 7) is 7.90. The van der Waals surface area contributed by atoms with Gasteiger partial charge >= 0.3 is 0 Å². The minimum Gasteiger partial charge on any atom is -0.488 e. The minimum absolute atomic E-state index is 0.366. The second-order valence-corrected chi connectivity index (χ2v) is 3.33. The molecule has 0 heterocycles. The van der Waals surface area contributed by atoms with Crippen molar-refractivity contribution in [3.05, 3.63) is 48.6 Å². The van der Waals surface area contributed by atoms with Gasteiger partial charge in [0.2, 0.25) is 0 Å². The number of ether oxygens (including phenoxy) is 2. The van der Waals surface area contributed by atoms with E-state index >= 15 is 0 Å². The van der Waals surface area contributed by atoms with Crippen molar-refractivity contribution in [2.24, 2.45) is 0 Å². The molecule has 0 saturated carbocycles. The van der Waals surface area contributed by atoms with Crippen molar-refractivity contribution in [2.75, 3.05) is 13.2 Å². The second-order valence-electron chi connectivity index (χ2n) is 3.33. The largest absolute Gasteiger partial charge is 0.488 e. The Morgan fingerprint density at radius 1 is 0.944 bits per heavy atom. The van der Waals surface area contributed by atoms with E-state index in [2.05, 4.69) is 25.0 Å². The van der Waals surface area contributed by atoms with Crippen molar-refractivity contribution in [3.63, 3.8) is 0 Å². The van der Waals surface area contributed by atoms with E-state index in [9.17, 15) is 0 Å². The van der Waals surface area contributed by atoms with Gasteiger partial charge in [0.1, 0.15) is 24.7 Å². The summed E-state index contributed by atoms with van der Waals surface area (Å²) in [5.74, 6) is 6.17. The van der Waals surface area contributed by atoms with Crippen LogP contribution in [0.1, 0.15) is 11.1 Å². The minimum atomic E-state index is 0.366. The molecule has 0 spiro atoms. The van der Waals surface area contributed by atoms with Crippen LogP contribution in [0.4, 0.5) is 0 Å². The summed E-state index contributed by atoms with van der Waals surface area (Å²) in [4.78, 5) is 0. The molecule has 0 bridgehead atoms. The summed E-state index contributed by atoms with van der Waals surface area (Å²) < 4.78 is 10.9. The molecule has 0 N–H and O–H groups in total. The standard InChI is InChI=1S/C16H14O2/c1-5-9-17-15-12-16(18-10-6-2)14(8-4)11-13(15)7-3/h3-6,11-12H,1-2,9-10H2. The number of benzene rings is 1. The highest BCUT2D eigenvalue weighted by Crippen LogP contribution is 2.28. The Morgan fingerprint density at radius 3 is 1.72 bits per heavy atom. The van der Waals surface area contributed by atoms with Gasteiger partial charge in [-0.15, -0.1) is 12.8 Å². The molecular formula is C16H14O2. The zero-order chi connectivity index (χ0) is 13.4. The molecule has 2 nitrogen and oxygen atoms in total. The van der Waals surface area contributed by atoms with Crippen LogP contribution >= 0.6 is 0 Å². The lowest BCUT2D eigenvalue weighted by Gasteiger charge is -2.11. The van der Waals surface area contributed by atoms with Crippen LogP contribution in [-0.2, 0) is 0 Å². The Balaban J connectivity index is 3.17. The maximum absolute atomic E-state index is 5.46. The van der Waals surface area contributed by atoms with Crippen molar-refractivity contribution in [1.29, 1.82) is 0 Å².